The van der Waals surface area contributed by atoms with Gasteiger partial charge in [0, 0.05) is 6.42 Å². The van der Waals surface area contributed by atoms with Gasteiger partial charge in [-0.3, -0.25) is 9.59 Å². The average Bonchev–Trinajstić information content (AvgIpc) is 1.98. The van der Waals surface area contributed by atoms with Crippen molar-refractivity contribution < 1.29 is 14.3 Å². The van der Waals surface area contributed by atoms with Gasteiger partial charge < -0.3 is 10.5 Å². The summed E-state index contributed by atoms with van der Waals surface area (Å²) in [4.78, 5) is 21.0. The highest BCUT2D eigenvalue weighted by Gasteiger charge is 2.13. The van der Waals surface area contributed by atoms with Crippen LogP contribution in [-0.4, -0.2) is 19.0 Å². The largest absolute Gasteiger partial charge is 0.469 e. The van der Waals surface area contributed by atoms with Gasteiger partial charge in [0.2, 0.25) is 5.91 Å². The molecule has 11 heavy (non-hydrogen) atoms. The number of methoxy groups -OCH3 is 1. The zero-order chi connectivity index (χ0) is 8.85. The molecule has 0 spiro atoms. The third kappa shape index (κ3) is 4.36. The van der Waals surface area contributed by atoms with Crippen molar-refractivity contribution in [2.75, 3.05) is 7.11 Å². The fourth-order valence-electron chi connectivity index (χ4n) is 0.678. The van der Waals surface area contributed by atoms with Crippen LogP contribution in [0.2, 0.25) is 0 Å². The van der Waals surface area contributed by atoms with Crippen molar-refractivity contribution in [2.24, 2.45) is 11.7 Å². The lowest BCUT2D eigenvalue weighted by molar-refractivity contribution is -0.145. The first-order valence-electron chi connectivity index (χ1n) is 3.44. The molecule has 0 saturated carbocycles. The van der Waals surface area contributed by atoms with Gasteiger partial charge in [-0.15, -0.1) is 0 Å². The van der Waals surface area contributed by atoms with Gasteiger partial charge in [0.15, 0.2) is 0 Å². The molecule has 0 saturated heterocycles. The molecule has 0 bridgehead atoms. The Morgan fingerprint density at radius 1 is 1.55 bits per heavy atom. The van der Waals surface area contributed by atoms with Gasteiger partial charge in [-0.1, -0.05) is 6.92 Å². The molecule has 0 aromatic carbocycles. The predicted molar refractivity (Wildman–Crippen MR) is 39.6 cm³/mol. The zero-order valence-electron chi connectivity index (χ0n) is 6.79. The van der Waals surface area contributed by atoms with E-state index in [1.54, 1.807) is 6.92 Å². The first kappa shape index (κ1) is 9.94. The first-order valence-corrected chi connectivity index (χ1v) is 3.44. The van der Waals surface area contributed by atoms with Gasteiger partial charge in [-0.25, -0.2) is 0 Å². The predicted octanol–water partition coefficient (Wildman–Crippen LogP) is 0.0610. The highest BCUT2D eigenvalue weighted by atomic mass is 16.5. The summed E-state index contributed by atoms with van der Waals surface area (Å²) in [5.41, 5.74) is 4.89. The van der Waals surface area contributed by atoms with Crippen molar-refractivity contribution in [2.45, 2.75) is 19.8 Å². The van der Waals surface area contributed by atoms with Crippen LogP contribution in [0.5, 0.6) is 0 Å². The molecule has 64 valence electrons. The number of carbonyl (C=O) groups excluding carboxylic acids is 2. The van der Waals surface area contributed by atoms with Crippen molar-refractivity contribution in [1.29, 1.82) is 0 Å². The van der Waals surface area contributed by atoms with Crippen molar-refractivity contribution in [1.82, 2.24) is 0 Å². The number of hydrogen-bond acceptors (Lipinski definition) is 3. The third-order valence-corrected chi connectivity index (χ3v) is 1.43. The Hall–Kier alpha value is -1.06. The van der Waals surface area contributed by atoms with Crippen molar-refractivity contribution in [3.8, 4) is 0 Å². The minimum Gasteiger partial charge on any atom is -0.469 e. The number of amides is 1. The molecule has 2 N–H and O–H groups in total. The van der Waals surface area contributed by atoms with E-state index in [0.29, 0.717) is 6.42 Å². The summed E-state index contributed by atoms with van der Waals surface area (Å²) < 4.78 is 4.45. The molecule has 4 nitrogen and oxygen atoms in total. The molecule has 0 aliphatic rings. The highest BCUT2D eigenvalue weighted by Crippen LogP contribution is 2.06. The summed E-state index contributed by atoms with van der Waals surface area (Å²) >= 11 is 0. The van der Waals surface area contributed by atoms with Gasteiger partial charge in [0.25, 0.3) is 0 Å². The Morgan fingerprint density at radius 3 is 2.45 bits per heavy atom. The minimum absolute atomic E-state index is 0.232. The first-order chi connectivity index (χ1) is 5.07. The van der Waals surface area contributed by atoms with E-state index < -0.39 is 0 Å². The van der Waals surface area contributed by atoms with E-state index in [1.165, 1.54) is 7.11 Å². The Balaban J connectivity index is 3.60. The quantitative estimate of drug-likeness (QED) is 0.590. The zero-order valence-corrected chi connectivity index (χ0v) is 6.79. The molecule has 0 unspecified atom stereocenters. The number of hydrogen-bond donors (Lipinski definition) is 1. The molecule has 4 heteroatoms. The van der Waals surface area contributed by atoms with Gasteiger partial charge in [-0.05, 0) is 6.42 Å². The number of nitrogens with two attached hydrogens (primary N) is 1. The third-order valence-electron chi connectivity index (χ3n) is 1.43. The lowest BCUT2D eigenvalue weighted by Gasteiger charge is -2.05. The maximum absolute atomic E-state index is 10.7. The van der Waals surface area contributed by atoms with E-state index in [-0.39, 0.29) is 24.2 Å². The number of ether oxygens (including phenoxy) is 1. The molecule has 0 rings (SSSR count). The lowest BCUT2D eigenvalue weighted by atomic mass is 10.1. The monoisotopic (exact) mass is 159 g/mol. The van der Waals surface area contributed by atoms with E-state index in [0.717, 1.165) is 0 Å². The smallest absolute Gasteiger partial charge is 0.308 e. The maximum Gasteiger partial charge on any atom is 0.308 e. The molecule has 1 atom stereocenters. The molecule has 0 aromatic rings. The summed E-state index contributed by atoms with van der Waals surface area (Å²) in [6.07, 6.45) is 0.693. The van der Waals surface area contributed by atoms with Crippen LogP contribution in [0.1, 0.15) is 19.8 Å². The fraction of sp³-hybridized carbons (Fsp3) is 0.714. The van der Waals surface area contributed by atoms with E-state index in [4.69, 9.17) is 5.73 Å². The Kier molecular flexibility index (Phi) is 4.26. The van der Waals surface area contributed by atoms with E-state index in [1.807, 2.05) is 0 Å². The molecule has 0 aromatic heterocycles. The number of esters is 1. The van der Waals surface area contributed by atoms with Crippen LogP contribution in [0.3, 0.4) is 0 Å². The number of carbonyl (C=O) groups is 2. The van der Waals surface area contributed by atoms with Crippen LogP contribution >= 0.6 is 0 Å². The molecule has 0 fully saturated rings. The van der Waals surface area contributed by atoms with Gasteiger partial charge in [0.1, 0.15) is 0 Å². The molecule has 0 heterocycles. The van der Waals surface area contributed by atoms with Crippen LogP contribution in [0.25, 0.3) is 0 Å². The second-order valence-corrected chi connectivity index (χ2v) is 2.43. The Labute approximate surface area is 65.7 Å². The van der Waals surface area contributed by atoms with Crippen LogP contribution in [0, 0.1) is 5.92 Å². The molecule has 0 aliphatic carbocycles. The van der Waals surface area contributed by atoms with Gasteiger partial charge in [0.05, 0.1) is 13.0 Å². The van der Waals surface area contributed by atoms with Crippen LogP contribution in [-0.2, 0) is 14.3 Å². The standard InChI is InChI=1S/C7H13NO3/c1-5(7(10)11-2)3-4-6(8)9/h5H,3-4H2,1-2H3,(H2,8,9)/t5-/m0/s1. The van der Waals surface area contributed by atoms with Crippen LogP contribution in [0.15, 0.2) is 0 Å². The molecular formula is C7H13NO3. The van der Waals surface area contributed by atoms with Crippen LogP contribution < -0.4 is 5.73 Å². The Bertz CT molecular complexity index is 156. The summed E-state index contributed by atoms with van der Waals surface area (Å²) in [6, 6.07) is 0. The topological polar surface area (TPSA) is 69.4 Å². The molecule has 0 aliphatic heterocycles. The summed E-state index contributed by atoms with van der Waals surface area (Å²) in [7, 11) is 1.32. The Morgan fingerprint density at radius 2 is 2.09 bits per heavy atom. The lowest BCUT2D eigenvalue weighted by Crippen LogP contribution is -2.17. The summed E-state index contributed by atoms with van der Waals surface area (Å²) in [5.74, 6) is -0.931. The average molecular weight is 159 g/mol. The number of rotatable bonds is 4. The van der Waals surface area contributed by atoms with Crippen LogP contribution in [0.4, 0.5) is 0 Å². The normalized spacial score (nSPS) is 12.2. The number of primary amides is 1. The van der Waals surface area contributed by atoms with Gasteiger partial charge >= 0.3 is 5.97 Å². The molecule has 1 amide bonds. The SMILES string of the molecule is COC(=O)[C@@H](C)CCC(N)=O. The van der Waals surface area contributed by atoms with Crippen molar-refractivity contribution in [3.63, 3.8) is 0 Å². The van der Waals surface area contributed by atoms with Crippen molar-refractivity contribution >= 4 is 11.9 Å². The van der Waals surface area contributed by atoms with E-state index in [2.05, 4.69) is 4.74 Å². The van der Waals surface area contributed by atoms with Crippen molar-refractivity contribution in [3.05, 3.63) is 0 Å². The minimum atomic E-state index is -0.388. The second kappa shape index (κ2) is 4.71. The second-order valence-electron chi connectivity index (χ2n) is 2.43. The van der Waals surface area contributed by atoms with Gasteiger partial charge in [-0.2, -0.15) is 0 Å². The summed E-state index contributed by atoms with van der Waals surface area (Å²) in [6.45, 7) is 1.70. The molecular weight excluding hydrogens is 146 g/mol. The highest BCUT2D eigenvalue weighted by molar-refractivity contribution is 5.76. The van der Waals surface area contributed by atoms with E-state index >= 15 is 0 Å². The fourth-order valence-corrected chi connectivity index (χ4v) is 0.678. The van der Waals surface area contributed by atoms with E-state index in [9.17, 15) is 9.59 Å². The maximum atomic E-state index is 10.7. The molecule has 0 radical (unpaired) electrons. The summed E-state index contributed by atoms with van der Waals surface area (Å²) in [5, 5.41) is 0.